The largest absolute Gasteiger partial charge is 2.00 e. The average molecular weight is 1680 g/mol. The Morgan fingerprint density at radius 2 is 0.400 bits per heavy atom. The van der Waals surface area contributed by atoms with Gasteiger partial charge in [-0.3, -0.25) is 0 Å². The van der Waals surface area contributed by atoms with E-state index in [0.717, 1.165) is 0 Å². The summed E-state index contributed by atoms with van der Waals surface area (Å²) in [7, 11) is 0. The molecule has 0 saturated carbocycles. The van der Waals surface area contributed by atoms with Gasteiger partial charge < -0.3 is 57.7 Å². The van der Waals surface area contributed by atoms with Crippen LogP contribution in [0.3, 0.4) is 0 Å². The molecule has 0 fully saturated rings. The molecule has 115 heavy (non-hydrogen) atoms. The number of alkyl halides is 4. The van der Waals surface area contributed by atoms with E-state index in [1.54, 1.807) is 0 Å². The molecule has 0 spiro atoms. The predicted molar refractivity (Wildman–Crippen MR) is 451 cm³/mol. The molecule has 0 unspecified atom stereocenters. The summed E-state index contributed by atoms with van der Waals surface area (Å²) in [6, 6.07) is 67.7. The fourth-order valence-electron chi connectivity index (χ4n) is 12.5. The minimum absolute atomic E-state index is 0. The van der Waals surface area contributed by atoms with E-state index in [4.69, 9.17) is 105 Å². The van der Waals surface area contributed by atoms with E-state index in [0.29, 0.717) is 136 Å². The number of benzene rings is 8. The van der Waals surface area contributed by atoms with Gasteiger partial charge in [0.05, 0.1) is 117 Å². The van der Waals surface area contributed by atoms with Crippen LogP contribution in [-0.4, -0.2) is 111 Å². The second-order valence-electron chi connectivity index (χ2n) is 28.3. The van der Waals surface area contributed by atoms with Crippen LogP contribution in [0.1, 0.15) is 123 Å². The van der Waals surface area contributed by atoms with Crippen molar-refractivity contribution in [1.29, 1.82) is 0 Å². The second-order valence-corrected chi connectivity index (χ2v) is 29.9. The molecule has 4 heterocycles. The van der Waals surface area contributed by atoms with Crippen LogP contribution in [0.25, 0.3) is 90.1 Å². The number of aromatic nitrogens is 8. The van der Waals surface area contributed by atoms with Gasteiger partial charge in [0.2, 0.25) is 0 Å². The molecule has 0 bridgehead atoms. The van der Waals surface area contributed by atoms with Gasteiger partial charge in [0, 0.05) is 44.5 Å². The van der Waals surface area contributed by atoms with Gasteiger partial charge in [0.15, 0.2) is 12.3 Å². The third-order valence-electron chi connectivity index (χ3n) is 16.5. The smallest absolute Gasteiger partial charge is 0.546 e. The first-order chi connectivity index (χ1) is 54.6. The van der Waals surface area contributed by atoms with E-state index in [9.17, 15) is 19.8 Å². The molecule has 606 valence electrons. The van der Waals surface area contributed by atoms with Gasteiger partial charge in [-0.05, 0) is 232 Å². The summed E-state index contributed by atoms with van der Waals surface area (Å²) in [5.74, 6) is 1.89. The van der Waals surface area contributed by atoms with Crippen molar-refractivity contribution >= 4 is 58.3 Å². The molecule has 0 aliphatic heterocycles. The Balaban J connectivity index is 0.000000267. The monoisotopic (exact) mass is 1680 g/mol. The van der Waals surface area contributed by atoms with Crippen LogP contribution < -0.4 is 48.1 Å². The Labute approximate surface area is 704 Å². The topological polar surface area (TPSA) is 225 Å². The third-order valence-corrected chi connectivity index (χ3v) is 16.5. The number of hydrogen-bond acceptors (Lipinski definition) is 16. The number of carboxylic acid groups (broad SMARTS) is 2. The molecule has 0 amide bonds. The Kier molecular flexibility index (Phi) is 33.6. The fourth-order valence-corrected chi connectivity index (χ4v) is 12.5. The van der Waals surface area contributed by atoms with Crippen LogP contribution in [0.2, 0.25) is 0 Å². The molecule has 12 aromatic rings. The van der Waals surface area contributed by atoms with Crippen molar-refractivity contribution in [2.45, 2.75) is 172 Å². The van der Waals surface area contributed by atoms with E-state index in [1.165, 1.54) is 18.7 Å². The molecule has 8 aromatic carbocycles. The molecule has 20 nitrogen and oxygen atoms in total. The average Bonchev–Trinajstić information content (AvgIpc) is 1.61. The molecule has 0 N–H and O–H groups in total. The van der Waals surface area contributed by atoms with Gasteiger partial charge >= 0.3 is 17.1 Å². The molecule has 0 radical (unpaired) electrons. The number of ether oxygens (including phenoxy) is 8. The summed E-state index contributed by atoms with van der Waals surface area (Å²) >= 11 is 19.1. The van der Waals surface area contributed by atoms with Gasteiger partial charge in [-0.15, -0.1) is 46.4 Å². The molecule has 4 aromatic heterocycles. The number of nitrogens with zero attached hydrogens (tertiary/aromatic N) is 8. The standard InChI is InChI=1S/2C44H48N4O6.2CH2Cl2.Fe/c2*1-27(2)51-39-21-13-9-17-31(39)35-25-37(33-19-11-15-23-41(33)53-29(5)6)47(45-35)43(44(49)50)48-38(34-20-12-16-24-42(34)54-30(7)8)26-36(46-48)32-18-10-14-22-40(32)52-28(3)4;2*2-1-3;/h2*9-30,43H,1-8H3,(H,49,50);2*1H2;/q;;;;+2/p-2. The zero-order valence-electron chi connectivity index (χ0n) is 67.3. The number of hydrogen-bond donors (Lipinski definition) is 0. The number of rotatable bonds is 30. The zero-order valence-corrected chi connectivity index (χ0v) is 71.4. The maximum Gasteiger partial charge on any atom is 2.00 e. The summed E-state index contributed by atoms with van der Waals surface area (Å²) in [5.41, 5.74) is 9.29. The summed E-state index contributed by atoms with van der Waals surface area (Å²) in [4.78, 5) is 27.5. The van der Waals surface area contributed by atoms with Crippen LogP contribution in [0, 0.1) is 0 Å². The quantitative estimate of drug-likeness (QED) is 0.0301. The van der Waals surface area contributed by atoms with Gasteiger partial charge in [-0.1, -0.05) is 97.1 Å². The Bertz CT molecular complexity index is 4520. The van der Waals surface area contributed by atoms with Crippen LogP contribution in [0.4, 0.5) is 0 Å². The summed E-state index contributed by atoms with van der Waals surface area (Å²) in [6.45, 7) is 31.2. The Morgan fingerprint density at radius 1 is 0.270 bits per heavy atom. The minimum atomic E-state index is -1.58. The molecule has 0 saturated heterocycles. The maximum atomic E-state index is 13.8. The van der Waals surface area contributed by atoms with Crippen molar-refractivity contribution in [3.05, 3.63) is 218 Å². The van der Waals surface area contributed by atoms with Crippen molar-refractivity contribution in [3.8, 4) is 136 Å². The zero-order chi connectivity index (χ0) is 82.4. The van der Waals surface area contributed by atoms with Gasteiger partial charge in [-0.2, -0.15) is 20.4 Å². The van der Waals surface area contributed by atoms with Crippen molar-refractivity contribution in [1.82, 2.24) is 39.1 Å². The molecule has 0 aliphatic rings. The third kappa shape index (κ3) is 23.4. The number of aliphatic carboxylic acids is 2. The summed E-state index contributed by atoms with van der Waals surface area (Å²) in [6.07, 6.45) is -4.17. The minimum Gasteiger partial charge on any atom is -0.546 e. The number of carbonyl (C=O) groups excluding carboxylic acids is 2. The van der Waals surface area contributed by atoms with E-state index in [-0.39, 0.29) is 76.6 Å². The van der Waals surface area contributed by atoms with Crippen LogP contribution in [0.15, 0.2) is 218 Å². The SMILES string of the molecule is CC(C)Oc1ccccc1-c1cc(-c2ccccc2OC(C)C)n(C(C(=O)[O-])n2nc(-c3ccccc3OC(C)C)cc2-c2ccccc2OC(C)C)n1.CC(C)Oc1ccccc1-c1cc(-c2ccccc2OC(C)C)n(C(C(=O)[O-])n2nc(-c3ccccc3OC(C)C)cc2-c2ccccc2OC(C)C)n1.ClCCl.ClCCl.[Fe+2]. The van der Waals surface area contributed by atoms with E-state index < -0.39 is 24.3 Å². The van der Waals surface area contributed by atoms with Gasteiger partial charge in [0.25, 0.3) is 0 Å². The van der Waals surface area contributed by atoms with Gasteiger partial charge in [0.1, 0.15) is 46.0 Å². The summed E-state index contributed by atoms with van der Waals surface area (Å²) < 4.78 is 55.6. The number of carboxylic acids is 2. The Morgan fingerprint density at radius 3 is 0.539 bits per heavy atom. The van der Waals surface area contributed by atoms with Crippen molar-refractivity contribution in [2.24, 2.45) is 0 Å². The molecular formula is C90H98Cl4FeN8O12. The maximum absolute atomic E-state index is 13.8. The molecule has 12 rings (SSSR count). The molecular weight excluding hydrogens is 1580 g/mol. The Hall–Kier alpha value is -10.4. The first-order valence-electron chi connectivity index (χ1n) is 37.8. The summed E-state index contributed by atoms with van der Waals surface area (Å²) in [5, 5.41) is 48.0. The van der Waals surface area contributed by atoms with Gasteiger partial charge in [-0.25, -0.2) is 18.7 Å². The van der Waals surface area contributed by atoms with Crippen molar-refractivity contribution in [2.75, 3.05) is 10.7 Å². The fraction of sp³-hybridized carbons (Fsp3) is 0.311. The van der Waals surface area contributed by atoms with Crippen molar-refractivity contribution in [3.63, 3.8) is 0 Å². The van der Waals surface area contributed by atoms with Crippen LogP contribution >= 0.6 is 46.4 Å². The first kappa shape index (κ1) is 90.2. The number of carbonyl (C=O) groups is 2. The predicted octanol–water partition coefficient (Wildman–Crippen LogP) is 20.2. The number of halogens is 4. The molecule has 0 aliphatic carbocycles. The molecule has 25 heteroatoms. The van der Waals surface area contributed by atoms with E-state index in [2.05, 4.69) is 0 Å². The van der Waals surface area contributed by atoms with E-state index in [1.807, 2.05) is 329 Å². The molecule has 0 atom stereocenters. The van der Waals surface area contributed by atoms with Crippen LogP contribution in [-0.2, 0) is 26.7 Å². The number of para-hydroxylation sites is 8. The van der Waals surface area contributed by atoms with Crippen LogP contribution in [0.5, 0.6) is 46.0 Å². The van der Waals surface area contributed by atoms with E-state index >= 15 is 0 Å². The second kappa shape index (κ2) is 42.8. The first-order valence-corrected chi connectivity index (χ1v) is 39.9. The van der Waals surface area contributed by atoms with Crippen molar-refractivity contribution < 1.29 is 74.8 Å². The normalized spacial score (nSPS) is 11.2.